The Morgan fingerprint density at radius 3 is 1.48 bits per heavy atom. The lowest BCUT2D eigenvalue weighted by atomic mass is 9.33. The van der Waals surface area contributed by atoms with Gasteiger partial charge in [0.05, 0.1) is 34.0 Å². The number of fused-ring (bicyclic) bond motifs is 10. The quantitative estimate of drug-likeness (QED) is 0.141. The van der Waals surface area contributed by atoms with E-state index in [-0.39, 0.29) is 51.4 Å². The van der Waals surface area contributed by atoms with Crippen molar-refractivity contribution < 1.29 is 6.85 Å². The number of rotatable bonds is 8. The largest absolute Gasteiger partial charge is 0.310 e. The van der Waals surface area contributed by atoms with Crippen LogP contribution in [-0.4, -0.2) is 11.3 Å². The minimum atomic E-state index is -0.433. The fraction of sp³-hybridized carbons (Fsp3) is 0.170. The highest BCUT2D eigenvalue weighted by atomic mass is 32.1. The second-order valence-corrected chi connectivity index (χ2v) is 32.4. The van der Waals surface area contributed by atoms with E-state index in [1.165, 1.54) is 54.1 Å². The van der Waals surface area contributed by atoms with Gasteiger partial charge in [-0.15, -0.1) is 11.3 Å². The maximum Gasteiger partial charge on any atom is 0.252 e. The summed E-state index contributed by atoms with van der Waals surface area (Å²) in [5.74, 6) is 0. The molecule has 482 valence electrons. The number of thiophene rings is 1. The highest BCUT2D eigenvalue weighted by Gasteiger charge is 2.46. The van der Waals surface area contributed by atoms with Crippen molar-refractivity contribution in [2.45, 2.75) is 105 Å². The second kappa shape index (κ2) is 23.1. The number of nitrogens with zero attached hydrogens (tertiary/aromatic N) is 3. The Morgan fingerprint density at radius 2 is 0.838 bits per heavy atom. The molecule has 0 radical (unpaired) electrons. The van der Waals surface area contributed by atoms with Crippen molar-refractivity contribution in [3.8, 4) is 61.3 Å². The van der Waals surface area contributed by atoms with Gasteiger partial charge in [0.25, 0.3) is 6.71 Å². The molecule has 4 heterocycles. The van der Waals surface area contributed by atoms with E-state index in [1.807, 2.05) is 17.4 Å². The van der Waals surface area contributed by atoms with Crippen LogP contribution in [0.4, 0.5) is 34.1 Å². The Balaban J connectivity index is 1.01. The summed E-state index contributed by atoms with van der Waals surface area (Å²) in [4.78, 5) is 5.14. The summed E-state index contributed by atoms with van der Waals surface area (Å²) in [6.45, 7) is 27.3. The van der Waals surface area contributed by atoms with Crippen molar-refractivity contribution in [2.24, 2.45) is 0 Å². The second-order valence-electron chi connectivity index (χ2n) is 31.4. The van der Waals surface area contributed by atoms with Crippen molar-refractivity contribution in [2.75, 3.05) is 9.80 Å². The molecule has 2 aromatic heterocycles. The van der Waals surface area contributed by atoms with Crippen LogP contribution >= 0.6 is 11.3 Å². The topological polar surface area (TPSA) is 11.4 Å². The average molecular weight is 1300 g/mol. The number of hydrogen-bond acceptors (Lipinski definition) is 3. The summed E-state index contributed by atoms with van der Waals surface area (Å²) in [5.41, 5.74) is 26.3. The van der Waals surface area contributed by atoms with Crippen LogP contribution in [0.15, 0.2) is 279 Å². The SMILES string of the molecule is [2H]c1c([2H])c([2H])c(-c2ccc3c(c2)B2c4ccc(-c5cc(C(C)(C)C)cc(C(C)(C)C)c5)cc4N(c4cccc5c4sc4c(-c6cccc7c6c6ccccc6n7-c6ccccc6)cccc45)c4cc(C(C)(C)C)cc(c42)N3c2c(-c3ccccc3)cc(C(C)(C)C)cc2-c2ccccc2)c([2H])c1[2H]. The van der Waals surface area contributed by atoms with Gasteiger partial charge in [0, 0.05) is 71.4 Å². The maximum atomic E-state index is 9.57. The van der Waals surface area contributed by atoms with Gasteiger partial charge >= 0.3 is 0 Å². The van der Waals surface area contributed by atoms with Crippen LogP contribution in [0.3, 0.4) is 0 Å². The van der Waals surface area contributed by atoms with Crippen LogP contribution in [0.2, 0.25) is 0 Å². The average Bonchev–Trinajstić information content (AvgIpc) is 0.754. The number of hydrogen-bond donors (Lipinski definition) is 0. The van der Waals surface area contributed by atoms with E-state index >= 15 is 0 Å². The molecule has 2 aliphatic rings. The van der Waals surface area contributed by atoms with Gasteiger partial charge in [0.1, 0.15) is 0 Å². The van der Waals surface area contributed by atoms with Gasteiger partial charge in [-0.3, -0.25) is 0 Å². The van der Waals surface area contributed by atoms with Crippen molar-refractivity contribution >= 4 is 111 Å². The molecular weight excluding hydrogens is 1210 g/mol. The van der Waals surface area contributed by atoms with Crippen molar-refractivity contribution in [1.82, 2.24) is 4.57 Å². The lowest BCUT2D eigenvalue weighted by molar-refractivity contribution is 0.569. The highest BCUT2D eigenvalue weighted by molar-refractivity contribution is 7.27. The van der Waals surface area contributed by atoms with Crippen LogP contribution in [0.1, 0.15) is 112 Å². The summed E-state index contributed by atoms with van der Waals surface area (Å²) in [7, 11) is 0. The monoisotopic (exact) mass is 1300 g/mol. The summed E-state index contributed by atoms with van der Waals surface area (Å²) in [6, 6.07) is 90.6. The third kappa shape index (κ3) is 10.4. The number of aromatic nitrogens is 1. The zero-order valence-corrected chi connectivity index (χ0v) is 59.3. The van der Waals surface area contributed by atoms with Gasteiger partial charge in [0.15, 0.2) is 0 Å². The summed E-state index contributed by atoms with van der Waals surface area (Å²) < 4.78 is 50.9. The number of anilines is 6. The zero-order chi connectivity index (χ0) is 72.4. The molecule has 17 rings (SSSR count). The normalized spacial score (nSPS) is 13.9. The van der Waals surface area contributed by atoms with Gasteiger partial charge in [-0.05, 0) is 166 Å². The molecule has 0 atom stereocenters. The Labute approximate surface area is 595 Å². The summed E-state index contributed by atoms with van der Waals surface area (Å²) in [5, 5.41) is 4.79. The van der Waals surface area contributed by atoms with Crippen LogP contribution in [0, 0.1) is 0 Å². The first-order valence-corrected chi connectivity index (χ1v) is 35.7. The first-order chi connectivity index (χ1) is 49.7. The molecule has 2 aliphatic heterocycles. The Bertz CT molecular complexity index is 5920. The Kier molecular flexibility index (Phi) is 13.2. The minimum Gasteiger partial charge on any atom is -0.310 e. The molecule has 0 aliphatic carbocycles. The summed E-state index contributed by atoms with van der Waals surface area (Å²) >= 11 is 1.87. The number of benzene rings is 13. The molecule has 0 amide bonds. The van der Waals surface area contributed by atoms with E-state index < -0.39 is 12.8 Å². The van der Waals surface area contributed by atoms with Gasteiger partial charge < -0.3 is 14.4 Å². The first kappa shape index (κ1) is 56.6. The standard InChI is InChI=1S/C94H82BN3S/c1-91(2,3)65-50-64(51-66(54-65)92(4,5)6)63-46-48-77-83(53-63)97(82-45-29-42-73-72-41-27-40-71(89(72)99-90(73)82)70-39-28-44-81-86(70)74-38-25-26-43-79(74)96(81)69-36-23-16-24-37-69)84-57-68(94(10,11)12)58-85-87(84)95(77)78-52-62(59-30-17-13-18-31-59)47-49-80(78)98(85)88-75(60-32-19-14-20-33-60)55-67(93(7,8)9)56-76(88)61-34-21-15-22-35-61/h13-58H,1-12H3/i13D,17D,18D,30D,31D. The molecule has 0 saturated carbocycles. The Hall–Kier alpha value is -10.5. The fourth-order valence-corrected chi connectivity index (χ4v) is 16.9. The van der Waals surface area contributed by atoms with Gasteiger partial charge in [-0.1, -0.05) is 295 Å². The molecule has 0 spiro atoms. The molecular formula is C94H82BN3S. The van der Waals surface area contributed by atoms with Crippen molar-refractivity contribution in [3.05, 3.63) is 301 Å². The molecule has 0 unspecified atom stereocenters. The van der Waals surface area contributed by atoms with E-state index in [0.29, 0.717) is 5.56 Å². The predicted octanol–water partition coefficient (Wildman–Crippen LogP) is 24.8. The van der Waals surface area contributed by atoms with Crippen LogP contribution < -0.4 is 26.2 Å². The van der Waals surface area contributed by atoms with Gasteiger partial charge in [0.2, 0.25) is 0 Å². The van der Waals surface area contributed by atoms with Crippen LogP contribution in [0.5, 0.6) is 0 Å². The molecule has 0 N–H and O–H groups in total. The zero-order valence-electron chi connectivity index (χ0n) is 63.5. The van der Waals surface area contributed by atoms with E-state index in [9.17, 15) is 2.74 Å². The predicted molar refractivity (Wildman–Crippen MR) is 430 cm³/mol. The smallest absolute Gasteiger partial charge is 0.252 e. The van der Waals surface area contributed by atoms with Gasteiger partial charge in [-0.25, -0.2) is 0 Å². The van der Waals surface area contributed by atoms with E-state index in [0.717, 1.165) is 111 Å². The summed E-state index contributed by atoms with van der Waals surface area (Å²) in [6.07, 6.45) is 0. The Morgan fingerprint density at radius 1 is 0.323 bits per heavy atom. The molecule has 99 heavy (non-hydrogen) atoms. The molecule has 0 fully saturated rings. The first-order valence-electron chi connectivity index (χ1n) is 37.3. The third-order valence-corrected chi connectivity index (χ3v) is 22.1. The number of para-hydroxylation sites is 2. The molecule has 3 nitrogen and oxygen atoms in total. The molecule has 13 aromatic carbocycles. The fourth-order valence-electron chi connectivity index (χ4n) is 15.6. The van der Waals surface area contributed by atoms with Crippen molar-refractivity contribution in [3.63, 3.8) is 0 Å². The lowest BCUT2D eigenvalue weighted by Gasteiger charge is -2.46. The van der Waals surface area contributed by atoms with Crippen molar-refractivity contribution in [1.29, 1.82) is 0 Å². The molecule has 15 aromatic rings. The van der Waals surface area contributed by atoms with Gasteiger partial charge in [-0.2, -0.15) is 0 Å². The van der Waals surface area contributed by atoms with E-state index in [2.05, 4.69) is 340 Å². The van der Waals surface area contributed by atoms with Crippen LogP contribution in [-0.2, 0) is 21.7 Å². The molecule has 0 bridgehead atoms. The highest BCUT2D eigenvalue weighted by Crippen LogP contribution is 2.55. The lowest BCUT2D eigenvalue weighted by Crippen LogP contribution is -2.61. The molecule has 5 heteroatoms. The molecule has 0 saturated heterocycles. The third-order valence-electron chi connectivity index (χ3n) is 20.8. The van der Waals surface area contributed by atoms with Crippen LogP contribution in [0.25, 0.3) is 103 Å². The van der Waals surface area contributed by atoms with E-state index in [1.54, 1.807) is 0 Å². The minimum absolute atomic E-state index is 0.140. The van der Waals surface area contributed by atoms with E-state index in [4.69, 9.17) is 4.11 Å². The maximum absolute atomic E-state index is 9.57.